The van der Waals surface area contributed by atoms with Gasteiger partial charge in [-0.3, -0.25) is 9.52 Å². The summed E-state index contributed by atoms with van der Waals surface area (Å²) < 4.78 is 25.0. The maximum absolute atomic E-state index is 11.6. The Labute approximate surface area is 88.8 Å². The highest BCUT2D eigenvalue weighted by Crippen LogP contribution is 2.42. The maximum atomic E-state index is 11.6. The van der Waals surface area contributed by atoms with E-state index < -0.39 is 26.7 Å². The largest absolute Gasteiger partial charge is 0.317 e. The lowest BCUT2D eigenvalue weighted by Gasteiger charge is -2.11. The molecule has 0 heterocycles. The van der Waals surface area contributed by atoms with Crippen molar-refractivity contribution in [2.75, 3.05) is 0 Å². The molecule has 84 valence electrons. The molecule has 0 aromatic heterocycles. The summed E-state index contributed by atoms with van der Waals surface area (Å²) in [5.41, 5.74) is 4.67. The molecule has 5 nitrogen and oxygen atoms in total. The Bertz CT molecular complexity index is 413. The van der Waals surface area contributed by atoms with Gasteiger partial charge in [-0.25, -0.2) is 8.42 Å². The fraction of sp³-hybridized carbons (Fsp3) is 0.667. The molecular formula is C9H14N2O3S. The van der Waals surface area contributed by atoms with Gasteiger partial charge in [0.15, 0.2) is 0 Å². The zero-order valence-electron chi connectivity index (χ0n) is 8.27. The molecule has 0 saturated heterocycles. The molecule has 2 atom stereocenters. The molecule has 2 fully saturated rings. The number of sulfonamides is 1. The Hall–Kier alpha value is -0.880. The maximum Gasteiger partial charge on any atom is 0.254 e. The predicted octanol–water partition coefficient (Wildman–Crippen LogP) is -0.502. The van der Waals surface area contributed by atoms with Crippen LogP contribution in [0.5, 0.6) is 0 Å². The number of nitrogens with two attached hydrogens (primary N) is 1. The third kappa shape index (κ3) is 1.79. The van der Waals surface area contributed by atoms with Crippen molar-refractivity contribution < 1.29 is 13.2 Å². The number of carbonyl (C=O) groups is 1. The van der Waals surface area contributed by atoms with Crippen LogP contribution in [0.25, 0.3) is 0 Å². The summed E-state index contributed by atoms with van der Waals surface area (Å²) in [5.74, 6) is -0.703. The van der Waals surface area contributed by atoms with Gasteiger partial charge in [0, 0.05) is 5.92 Å². The highest BCUT2D eigenvalue weighted by Gasteiger charge is 2.56. The third-order valence-corrected chi connectivity index (χ3v) is 4.78. The molecule has 0 bridgehead atoms. The predicted molar refractivity (Wildman–Crippen MR) is 55.3 cm³/mol. The second kappa shape index (κ2) is 3.05. The Morgan fingerprint density at radius 2 is 2.13 bits per heavy atom. The van der Waals surface area contributed by atoms with Gasteiger partial charge in [0.2, 0.25) is 10.0 Å². The first-order chi connectivity index (χ1) is 6.90. The van der Waals surface area contributed by atoms with Crippen LogP contribution < -0.4 is 10.5 Å². The van der Waals surface area contributed by atoms with Gasteiger partial charge >= 0.3 is 0 Å². The van der Waals surface area contributed by atoms with Crippen molar-refractivity contribution in [3.63, 3.8) is 0 Å². The summed E-state index contributed by atoms with van der Waals surface area (Å²) in [6.07, 6.45) is 3.32. The first-order valence-electron chi connectivity index (χ1n) is 4.87. The summed E-state index contributed by atoms with van der Waals surface area (Å²) in [6, 6.07) is 0. The minimum Gasteiger partial charge on any atom is -0.317 e. The van der Waals surface area contributed by atoms with E-state index in [1.165, 1.54) is 0 Å². The van der Waals surface area contributed by atoms with Gasteiger partial charge in [-0.2, -0.15) is 0 Å². The molecular weight excluding hydrogens is 216 g/mol. The number of nitrogens with one attached hydrogen (secondary N) is 1. The zero-order valence-corrected chi connectivity index (χ0v) is 9.09. The number of hydrogen-bond acceptors (Lipinski definition) is 4. The standard InChI is InChI=1S/C9H14N2O3S/c1-2-6-5-9(6,10)8(12)11-15(13,14)7-3-4-7/h2,6-7H,1,3-5,10H2,(H,11,12)/t6-,9?/m1/s1. The third-order valence-electron chi connectivity index (χ3n) is 2.96. The number of carbonyl (C=O) groups excluding carboxylic acids is 1. The highest BCUT2D eigenvalue weighted by molar-refractivity contribution is 7.90. The van der Waals surface area contributed by atoms with E-state index in [2.05, 4.69) is 6.58 Å². The van der Waals surface area contributed by atoms with Crippen LogP contribution in [-0.4, -0.2) is 25.1 Å². The summed E-state index contributed by atoms with van der Waals surface area (Å²) in [4.78, 5) is 11.6. The molecule has 2 aliphatic rings. The Morgan fingerprint density at radius 3 is 2.53 bits per heavy atom. The quantitative estimate of drug-likeness (QED) is 0.637. The molecule has 1 unspecified atom stereocenters. The molecule has 6 heteroatoms. The van der Waals surface area contributed by atoms with E-state index >= 15 is 0 Å². The van der Waals surface area contributed by atoms with Crippen molar-refractivity contribution in [1.82, 2.24) is 4.72 Å². The van der Waals surface area contributed by atoms with Crippen LogP contribution in [0.1, 0.15) is 19.3 Å². The summed E-state index contributed by atoms with van der Waals surface area (Å²) >= 11 is 0. The molecule has 15 heavy (non-hydrogen) atoms. The van der Waals surface area contributed by atoms with E-state index in [0.717, 1.165) is 0 Å². The average molecular weight is 230 g/mol. The van der Waals surface area contributed by atoms with Gasteiger partial charge in [0.25, 0.3) is 5.91 Å². The molecule has 0 aromatic carbocycles. The first kappa shape index (κ1) is 10.6. The van der Waals surface area contributed by atoms with Gasteiger partial charge in [0.1, 0.15) is 5.54 Å². The number of hydrogen-bond donors (Lipinski definition) is 2. The van der Waals surface area contributed by atoms with Gasteiger partial charge in [-0.15, -0.1) is 6.58 Å². The minimum absolute atomic E-state index is 0.105. The van der Waals surface area contributed by atoms with Gasteiger partial charge < -0.3 is 5.73 Å². The van der Waals surface area contributed by atoms with Gasteiger partial charge in [-0.1, -0.05) is 6.08 Å². The summed E-state index contributed by atoms with van der Waals surface area (Å²) in [6.45, 7) is 3.54. The second-order valence-corrected chi connectivity index (χ2v) is 6.22. The summed E-state index contributed by atoms with van der Waals surface area (Å²) in [5, 5.41) is -0.397. The van der Waals surface area contributed by atoms with Crippen molar-refractivity contribution in [3.05, 3.63) is 12.7 Å². The molecule has 0 radical (unpaired) electrons. The average Bonchev–Trinajstić information content (AvgIpc) is 2.97. The van der Waals surface area contributed by atoms with E-state index in [1.54, 1.807) is 6.08 Å². The van der Waals surface area contributed by atoms with Crippen LogP contribution in [0.4, 0.5) is 0 Å². The lowest BCUT2D eigenvalue weighted by molar-refractivity contribution is -0.121. The minimum atomic E-state index is -3.47. The topological polar surface area (TPSA) is 89.3 Å². The summed E-state index contributed by atoms with van der Waals surface area (Å²) in [7, 11) is -3.47. The van der Waals surface area contributed by atoms with E-state index in [9.17, 15) is 13.2 Å². The van der Waals surface area contributed by atoms with Gasteiger partial charge in [0.05, 0.1) is 5.25 Å². The van der Waals surface area contributed by atoms with Crippen molar-refractivity contribution in [1.29, 1.82) is 0 Å². The van der Waals surface area contributed by atoms with Crippen molar-refractivity contribution >= 4 is 15.9 Å². The first-order valence-corrected chi connectivity index (χ1v) is 6.42. The van der Waals surface area contributed by atoms with E-state index in [4.69, 9.17) is 5.73 Å². The molecule has 2 aliphatic carbocycles. The fourth-order valence-corrected chi connectivity index (χ4v) is 2.92. The van der Waals surface area contributed by atoms with Crippen molar-refractivity contribution in [2.24, 2.45) is 11.7 Å². The fourth-order valence-electron chi connectivity index (χ4n) is 1.55. The second-order valence-electron chi connectivity index (χ2n) is 4.26. The van der Waals surface area contributed by atoms with Crippen LogP contribution in [0.3, 0.4) is 0 Å². The van der Waals surface area contributed by atoms with E-state index in [1.807, 2.05) is 4.72 Å². The Kier molecular flexibility index (Phi) is 2.16. The highest BCUT2D eigenvalue weighted by atomic mass is 32.2. The SMILES string of the molecule is C=C[C@@H]1CC1(N)C(=O)NS(=O)(=O)C1CC1. The van der Waals surface area contributed by atoms with Crippen LogP contribution >= 0.6 is 0 Å². The molecule has 0 spiro atoms. The molecule has 3 N–H and O–H groups in total. The molecule has 0 aromatic rings. The lowest BCUT2D eigenvalue weighted by atomic mass is 10.2. The molecule has 2 rings (SSSR count). The lowest BCUT2D eigenvalue weighted by Crippen LogP contribution is -2.47. The van der Waals surface area contributed by atoms with Crippen molar-refractivity contribution in [3.8, 4) is 0 Å². The monoisotopic (exact) mass is 230 g/mol. The van der Waals surface area contributed by atoms with Crippen LogP contribution in [-0.2, 0) is 14.8 Å². The van der Waals surface area contributed by atoms with Crippen LogP contribution in [0, 0.1) is 5.92 Å². The number of amides is 1. The number of rotatable bonds is 4. The normalized spacial score (nSPS) is 34.6. The Morgan fingerprint density at radius 1 is 1.53 bits per heavy atom. The van der Waals surface area contributed by atoms with E-state index in [-0.39, 0.29) is 5.92 Å². The van der Waals surface area contributed by atoms with E-state index in [0.29, 0.717) is 19.3 Å². The Balaban J connectivity index is 2.02. The molecule has 1 amide bonds. The smallest absolute Gasteiger partial charge is 0.254 e. The van der Waals surface area contributed by atoms with Crippen LogP contribution in [0.15, 0.2) is 12.7 Å². The van der Waals surface area contributed by atoms with Gasteiger partial charge in [-0.05, 0) is 19.3 Å². The van der Waals surface area contributed by atoms with Crippen LogP contribution in [0.2, 0.25) is 0 Å². The molecule has 0 aliphatic heterocycles. The zero-order chi connectivity index (χ0) is 11.3. The molecule has 2 saturated carbocycles. The van der Waals surface area contributed by atoms with Crippen molar-refractivity contribution in [2.45, 2.75) is 30.1 Å².